The summed E-state index contributed by atoms with van der Waals surface area (Å²) in [6, 6.07) is 8.46. The number of imidazole rings is 1. The van der Waals surface area contributed by atoms with Gasteiger partial charge >= 0.3 is 0 Å². The van der Waals surface area contributed by atoms with Gasteiger partial charge in [0.1, 0.15) is 11.9 Å². The second-order valence-electron chi connectivity index (χ2n) is 6.98. The molecule has 2 aliphatic rings. The van der Waals surface area contributed by atoms with Crippen molar-refractivity contribution in [1.29, 1.82) is 0 Å². The van der Waals surface area contributed by atoms with E-state index in [1.165, 1.54) is 12.8 Å². The standard InChI is InChI=1S/C18H25N5O/c1-3-23-16-7-5-4-6-13(16)19-17(23)11-22(2)18(24)15-10-14(20-21-15)12-8-9-12/h4-7,12,14-15,20-21H,3,8-11H2,1-2H3. The Morgan fingerprint density at radius 3 is 2.88 bits per heavy atom. The van der Waals surface area contributed by atoms with E-state index < -0.39 is 0 Å². The van der Waals surface area contributed by atoms with Crippen LogP contribution >= 0.6 is 0 Å². The molecular formula is C18H25N5O. The van der Waals surface area contributed by atoms with Gasteiger partial charge in [-0.15, -0.1) is 0 Å². The number of para-hydroxylation sites is 2. The smallest absolute Gasteiger partial charge is 0.241 e. The molecule has 6 heteroatoms. The van der Waals surface area contributed by atoms with E-state index in [1.54, 1.807) is 4.90 Å². The first kappa shape index (κ1) is 15.6. The van der Waals surface area contributed by atoms with Gasteiger partial charge in [-0.2, -0.15) is 0 Å². The third-order valence-corrected chi connectivity index (χ3v) is 5.23. The number of benzene rings is 1. The van der Waals surface area contributed by atoms with Gasteiger partial charge in [-0.3, -0.25) is 10.2 Å². The van der Waals surface area contributed by atoms with Crippen molar-refractivity contribution in [2.75, 3.05) is 7.05 Å². The van der Waals surface area contributed by atoms with Crippen molar-refractivity contribution < 1.29 is 4.79 Å². The van der Waals surface area contributed by atoms with Crippen LogP contribution in [-0.2, 0) is 17.9 Å². The van der Waals surface area contributed by atoms with Crippen molar-refractivity contribution in [3.63, 3.8) is 0 Å². The zero-order valence-corrected chi connectivity index (χ0v) is 14.3. The van der Waals surface area contributed by atoms with E-state index in [4.69, 9.17) is 4.98 Å². The minimum atomic E-state index is -0.125. The number of likely N-dealkylation sites (N-methyl/N-ethyl adjacent to an activating group) is 1. The first-order valence-electron chi connectivity index (χ1n) is 8.87. The molecule has 2 aromatic rings. The minimum absolute atomic E-state index is 0.125. The minimum Gasteiger partial charge on any atom is -0.337 e. The quantitative estimate of drug-likeness (QED) is 0.877. The zero-order valence-electron chi connectivity index (χ0n) is 14.3. The summed E-state index contributed by atoms with van der Waals surface area (Å²) in [5.41, 5.74) is 8.60. The van der Waals surface area contributed by atoms with E-state index in [9.17, 15) is 4.79 Å². The lowest BCUT2D eigenvalue weighted by atomic mass is 10.1. The van der Waals surface area contributed by atoms with Crippen LogP contribution < -0.4 is 10.9 Å². The topological polar surface area (TPSA) is 62.2 Å². The van der Waals surface area contributed by atoms with Crippen LogP contribution in [0.5, 0.6) is 0 Å². The maximum atomic E-state index is 12.7. The fraction of sp³-hybridized carbons (Fsp3) is 0.556. The molecule has 1 aromatic heterocycles. The normalized spacial score (nSPS) is 23.8. The molecule has 1 saturated carbocycles. The van der Waals surface area contributed by atoms with Gasteiger partial charge in [0.25, 0.3) is 0 Å². The molecule has 2 N–H and O–H groups in total. The summed E-state index contributed by atoms with van der Waals surface area (Å²) in [7, 11) is 1.87. The fourth-order valence-electron chi connectivity index (χ4n) is 3.71. The van der Waals surface area contributed by atoms with E-state index >= 15 is 0 Å². The van der Waals surface area contributed by atoms with Crippen LogP contribution in [0.25, 0.3) is 11.0 Å². The Kier molecular flexibility index (Phi) is 4.02. The van der Waals surface area contributed by atoms with Gasteiger partial charge in [0, 0.05) is 19.6 Å². The molecule has 6 nitrogen and oxygen atoms in total. The number of rotatable bonds is 5. The van der Waals surface area contributed by atoms with Crippen molar-refractivity contribution in [3.05, 3.63) is 30.1 Å². The lowest BCUT2D eigenvalue weighted by molar-refractivity contribution is -0.132. The predicted octanol–water partition coefficient (Wildman–Crippen LogP) is 1.66. The predicted molar refractivity (Wildman–Crippen MR) is 93.1 cm³/mol. The second kappa shape index (κ2) is 6.18. The molecule has 24 heavy (non-hydrogen) atoms. The third kappa shape index (κ3) is 2.80. The highest BCUT2D eigenvalue weighted by atomic mass is 16.2. The van der Waals surface area contributed by atoms with Crippen molar-refractivity contribution in [1.82, 2.24) is 25.3 Å². The Hall–Kier alpha value is -1.92. The number of hydrogen-bond donors (Lipinski definition) is 2. The van der Waals surface area contributed by atoms with Crippen LogP contribution in [0.1, 0.15) is 32.0 Å². The maximum Gasteiger partial charge on any atom is 0.241 e. The van der Waals surface area contributed by atoms with Crippen molar-refractivity contribution in [2.45, 2.75) is 51.4 Å². The highest BCUT2D eigenvalue weighted by Gasteiger charge is 2.39. The number of carbonyl (C=O) groups excluding carboxylic acids is 1. The largest absolute Gasteiger partial charge is 0.337 e. The molecule has 1 aliphatic carbocycles. The van der Waals surface area contributed by atoms with E-state index in [2.05, 4.69) is 28.4 Å². The lowest BCUT2D eigenvalue weighted by Crippen LogP contribution is -2.44. The van der Waals surface area contributed by atoms with E-state index in [0.717, 1.165) is 35.7 Å². The first-order valence-corrected chi connectivity index (χ1v) is 8.87. The van der Waals surface area contributed by atoms with Crippen molar-refractivity contribution in [2.24, 2.45) is 5.92 Å². The average molecular weight is 327 g/mol. The third-order valence-electron chi connectivity index (χ3n) is 5.23. The Morgan fingerprint density at radius 1 is 1.33 bits per heavy atom. The van der Waals surface area contributed by atoms with Gasteiger partial charge in [0.05, 0.1) is 17.6 Å². The van der Waals surface area contributed by atoms with E-state index in [1.807, 2.05) is 25.2 Å². The monoisotopic (exact) mass is 327 g/mol. The molecule has 0 spiro atoms. The van der Waals surface area contributed by atoms with Gasteiger partial charge in [-0.1, -0.05) is 12.1 Å². The molecule has 1 saturated heterocycles. The summed E-state index contributed by atoms with van der Waals surface area (Å²) in [6.45, 7) is 3.50. The molecule has 2 unspecified atom stereocenters. The summed E-state index contributed by atoms with van der Waals surface area (Å²) in [5.74, 6) is 1.84. The lowest BCUT2D eigenvalue weighted by Gasteiger charge is -2.21. The number of hydrazine groups is 1. The highest BCUT2D eigenvalue weighted by Crippen LogP contribution is 2.35. The van der Waals surface area contributed by atoms with Gasteiger partial charge in [0.2, 0.25) is 5.91 Å². The summed E-state index contributed by atoms with van der Waals surface area (Å²) >= 11 is 0. The Labute approximate surface area is 142 Å². The van der Waals surface area contributed by atoms with Gasteiger partial charge in [-0.25, -0.2) is 10.4 Å². The molecule has 4 rings (SSSR count). The Bertz CT molecular complexity index is 751. The molecule has 1 aliphatic heterocycles. The fourth-order valence-corrected chi connectivity index (χ4v) is 3.71. The van der Waals surface area contributed by atoms with Gasteiger partial charge in [0.15, 0.2) is 0 Å². The molecule has 2 fully saturated rings. The number of amides is 1. The zero-order chi connectivity index (χ0) is 16.7. The van der Waals surface area contributed by atoms with Crippen molar-refractivity contribution in [3.8, 4) is 0 Å². The molecule has 128 valence electrons. The van der Waals surface area contributed by atoms with Crippen LogP contribution in [0.2, 0.25) is 0 Å². The molecule has 0 bridgehead atoms. The number of carbonyl (C=O) groups is 1. The molecular weight excluding hydrogens is 302 g/mol. The van der Waals surface area contributed by atoms with E-state index in [0.29, 0.717) is 12.6 Å². The van der Waals surface area contributed by atoms with Gasteiger partial charge < -0.3 is 9.47 Å². The SMILES string of the molecule is CCn1c(CN(C)C(=O)C2CC(C3CC3)NN2)nc2ccccc21. The Balaban J connectivity index is 1.47. The van der Waals surface area contributed by atoms with Crippen molar-refractivity contribution >= 4 is 16.9 Å². The molecule has 0 radical (unpaired) electrons. The number of fused-ring (bicyclic) bond motifs is 1. The average Bonchev–Trinajstić information content (AvgIpc) is 3.21. The number of hydrogen-bond acceptors (Lipinski definition) is 4. The van der Waals surface area contributed by atoms with Crippen LogP contribution in [-0.4, -0.2) is 39.5 Å². The second-order valence-corrected chi connectivity index (χ2v) is 6.98. The van der Waals surface area contributed by atoms with Crippen LogP contribution in [0, 0.1) is 5.92 Å². The summed E-state index contributed by atoms with van der Waals surface area (Å²) in [5, 5.41) is 0. The van der Waals surface area contributed by atoms with Crippen LogP contribution in [0.4, 0.5) is 0 Å². The number of aromatic nitrogens is 2. The van der Waals surface area contributed by atoms with Crippen LogP contribution in [0.15, 0.2) is 24.3 Å². The number of aryl methyl sites for hydroxylation is 1. The van der Waals surface area contributed by atoms with E-state index in [-0.39, 0.29) is 11.9 Å². The number of nitrogens with zero attached hydrogens (tertiary/aromatic N) is 3. The molecule has 1 aromatic carbocycles. The summed E-state index contributed by atoms with van der Waals surface area (Å²) < 4.78 is 2.19. The Morgan fingerprint density at radius 2 is 2.12 bits per heavy atom. The van der Waals surface area contributed by atoms with Crippen LogP contribution in [0.3, 0.4) is 0 Å². The number of nitrogens with one attached hydrogen (secondary N) is 2. The molecule has 2 atom stereocenters. The highest BCUT2D eigenvalue weighted by molar-refractivity contribution is 5.82. The first-order chi connectivity index (χ1) is 11.7. The van der Waals surface area contributed by atoms with Gasteiger partial charge in [-0.05, 0) is 44.2 Å². The molecule has 2 heterocycles. The maximum absolute atomic E-state index is 12.7. The summed E-state index contributed by atoms with van der Waals surface area (Å²) in [4.78, 5) is 19.3. The molecule has 1 amide bonds. The summed E-state index contributed by atoms with van der Waals surface area (Å²) in [6.07, 6.45) is 3.46.